The molecule has 0 amide bonds. The summed E-state index contributed by atoms with van der Waals surface area (Å²) in [4.78, 5) is 3.71. The van der Waals surface area contributed by atoms with Gasteiger partial charge in [-0.25, -0.2) is 0 Å². The Morgan fingerprint density at radius 2 is 2.30 bits per heavy atom. The van der Waals surface area contributed by atoms with Crippen LogP contribution < -0.4 is 5.32 Å². The molecule has 1 fully saturated rings. The molecule has 0 saturated carbocycles. The van der Waals surface area contributed by atoms with E-state index in [1.807, 2.05) is 6.07 Å². The number of ether oxygens (including phenoxy) is 1. The second kappa shape index (κ2) is 7.23. The van der Waals surface area contributed by atoms with E-state index in [4.69, 9.17) is 16.3 Å². The van der Waals surface area contributed by atoms with Crippen LogP contribution >= 0.6 is 22.9 Å². The Balaban J connectivity index is 1.90. The van der Waals surface area contributed by atoms with Crippen LogP contribution in [-0.2, 0) is 11.3 Å². The fourth-order valence-corrected chi connectivity index (χ4v) is 3.89. The molecule has 0 radical (unpaired) electrons. The molecule has 0 spiro atoms. The van der Waals surface area contributed by atoms with Gasteiger partial charge >= 0.3 is 0 Å². The van der Waals surface area contributed by atoms with Crippen LogP contribution in [0, 0.1) is 5.41 Å². The SMILES string of the molecule is CC(C)NCC1(CN(C)Cc2ccc(Cl)s2)CCOC1. The zero-order valence-corrected chi connectivity index (χ0v) is 14.2. The lowest BCUT2D eigenvalue weighted by atomic mass is 9.86. The van der Waals surface area contributed by atoms with Gasteiger partial charge in [0.25, 0.3) is 0 Å². The second-order valence-corrected chi connectivity index (χ2v) is 8.02. The van der Waals surface area contributed by atoms with Crippen molar-refractivity contribution < 1.29 is 4.74 Å². The van der Waals surface area contributed by atoms with Crippen LogP contribution in [0.1, 0.15) is 25.1 Å². The van der Waals surface area contributed by atoms with Crippen molar-refractivity contribution in [1.29, 1.82) is 0 Å². The summed E-state index contributed by atoms with van der Waals surface area (Å²) in [5.41, 5.74) is 0.250. The van der Waals surface area contributed by atoms with Crippen molar-refractivity contribution >= 4 is 22.9 Å². The normalized spacial score (nSPS) is 23.1. The van der Waals surface area contributed by atoms with Gasteiger partial charge in [-0.05, 0) is 25.6 Å². The lowest BCUT2D eigenvalue weighted by molar-refractivity contribution is 0.115. The van der Waals surface area contributed by atoms with Gasteiger partial charge in [0, 0.05) is 42.6 Å². The Kier molecular flexibility index (Phi) is 5.87. The molecule has 1 aliphatic rings. The molecule has 20 heavy (non-hydrogen) atoms. The molecule has 2 heterocycles. The van der Waals surface area contributed by atoms with Gasteiger partial charge in [0.1, 0.15) is 0 Å². The number of rotatable bonds is 7. The molecule has 3 nitrogen and oxygen atoms in total. The number of hydrogen-bond donors (Lipinski definition) is 1. The highest BCUT2D eigenvalue weighted by molar-refractivity contribution is 7.16. The van der Waals surface area contributed by atoms with Crippen LogP contribution in [0.3, 0.4) is 0 Å². The van der Waals surface area contributed by atoms with E-state index < -0.39 is 0 Å². The summed E-state index contributed by atoms with van der Waals surface area (Å²) in [6, 6.07) is 4.62. The largest absolute Gasteiger partial charge is 0.381 e. The molecule has 0 bridgehead atoms. The highest BCUT2D eigenvalue weighted by Crippen LogP contribution is 2.30. The van der Waals surface area contributed by atoms with Crippen LogP contribution in [0.2, 0.25) is 4.34 Å². The van der Waals surface area contributed by atoms with Crippen LogP contribution in [0.4, 0.5) is 0 Å². The van der Waals surface area contributed by atoms with Crippen molar-refractivity contribution in [2.45, 2.75) is 32.9 Å². The Morgan fingerprint density at radius 3 is 2.85 bits per heavy atom. The molecule has 1 unspecified atom stereocenters. The third-order valence-corrected chi connectivity index (χ3v) is 4.95. The summed E-state index contributed by atoms with van der Waals surface area (Å²) in [7, 11) is 2.18. The zero-order valence-electron chi connectivity index (χ0n) is 12.6. The maximum Gasteiger partial charge on any atom is 0.0931 e. The zero-order chi connectivity index (χ0) is 14.6. The van der Waals surface area contributed by atoms with Crippen molar-refractivity contribution in [3.05, 3.63) is 21.3 Å². The Morgan fingerprint density at radius 1 is 1.50 bits per heavy atom. The molecule has 1 aromatic rings. The minimum atomic E-state index is 0.250. The number of nitrogens with zero attached hydrogens (tertiary/aromatic N) is 1. The molecule has 1 aliphatic heterocycles. The summed E-state index contributed by atoms with van der Waals surface area (Å²) in [6.07, 6.45) is 1.14. The number of thiophene rings is 1. The average Bonchev–Trinajstić information content (AvgIpc) is 2.97. The summed E-state index contributed by atoms with van der Waals surface area (Å²) in [6.45, 7) is 9.19. The molecule has 5 heteroatoms. The minimum absolute atomic E-state index is 0.250. The summed E-state index contributed by atoms with van der Waals surface area (Å²) in [5, 5.41) is 3.58. The van der Waals surface area contributed by atoms with E-state index in [0.717, 1.165) is 43.6 Å². The molecule has 1 atom stereocenters. The molecule has 1 N–H and O–H groups in total. The van der Waals surface area contributed by atoms with Crippen LogP contribution in [0.15, 0.2) is 12.1 Å². The van der Waals surface area contributed by atoms with Crippen LogP contribution in [-0.4, -0.2) is 44.3 Å². The van der Waals surface area contributed by atoms with E-state index in [1.54, 1.807) is 11.3 Å². The highest BCUT2D eigenvalue weighted by Gasteiger charge is 2.35. The van der Waals surface area contributed by atoms with Gasteiger partial charge in [-0.1, -0.05) is 25.4 Å². The summed E-state index contributed by atoms with van der Waals surface area (Å²) < 4.78 is 6.53. The van der Waals surface area contributed by atoms with Gasteiger partial charge in [-0.15, -0.1) is 11.3 Å². The lowest BCUT2D eigenvalue weighted by Crippen LogP contribution is -2.45. The minimum Gasteiger partial charge on any atom is -0.381 e. The quantitative estimate of drug-likeness (QED) is 0.836. The fourth-order valence-electron chi connectivity index (χ4n) is 2.72. The van der Waals surface area contributed by atoms with Gasteiger partial charge in [0.15, 0.2) is 0 Å². The van der Waals surface area contributed by atoms with Gasteiger partial charge in [-0.3, -0.25) is 0 Å². The van der Waals surface area contributed by atoms with Gasteiger partial charge in [0.05, 0.1) is 10.9 Å². The summed E-state index contributed by atoms with van der Waals surface area (Å²) >= 11 is 7.66. The van der Waals surface area contributed by atoms with Crippen molar-refractivity contribution in [3.8, 4) is 0 Å². The first kappa shape index (κ1) is 16.2. The topological polar surface area (TPSA) is 24.5 Å². The van der Waals surface area contributed by atoms with Crippen molar-refractivity contribution in [3.63, 3.8) is 0 Å². The van der Waals surface area contributed by atoms with E-state index >= 15 is 0 Å². The third kappa shape index (κ3) is 4.71. The first-order valence-electron chi connectivity index (χ1n) is 7.23. The van der Waals surface area contributed by atoms with E-state index in [0.29, 0.717) is 6.04 Å². The van der Waals surface area contributed by atoms with E-state index in [2.05, 4.69) is 37.2 Å². The molecule has 1 aromatic heterocycles. The molecule has 0 aromatic carbocycles. The predicted octanol–water partition coefficient (Wildman–Crippen LogP) is 3.24. The van der Waals surface area contributed by atoms with Gasteiger partial charge in [0.2, 0.25) is 0 Å². The van der Waals surface area contributed by atoms with Crippen molar-refractivity contribution in [2.75, 3.05) is 33.4 Å². The van der Waals surface area contributed by atoms with Crippen molar-refractivity contribution in [1.82, 2.24) is 10.2 Å². The molecular weight excluding hydrogens is 292 g/mol. The van der Waals surface area contributed by atoms with Gasteiger partial charge < -0.3 is 15.0 Å². The van der Waals surface area contributed by atoms with E-state index in [1.165, 1.54) is 4.88 Å². The number of nitrogens with one attached hydrogen (secondary N) is 1. The molecule has 114 valence electrons. The maximum absolute atomic E-state index is 6.00. The first-order chi connectivity index (χ1) is 9.49. The lowest BCUT2D eigenvalue weighted by Gasteiger charge is -2.33. The molecule has 2 rings (SSSR count). The van der Waals surface area contributed by atoms with Crippen LogP contribution in [0.25, 0.3) is 0 Å². The van der Waals surface area contributed by atoms with E-state index in [9.17, 15) is 0 Å². The maximum atomic E-state index is 6.00. The predicted molar refractivity (Wildman–Crippen MR) is 86.7 cm³/mol. The Bertz CT molecular complexity index is 416. The van der Waals surface area contributed by atoms with Crippen LogP contribution in [0.5, 0.6) is 0 Å². The fraction of sp³-hybridized carbons (Fsp3) is 0.733. The average molecular weight is 317 g/mol. The monoisotopic (exact) mass is 316 g/mol. The first-order valence-corrected chi connectivity index (χ1v) is 8.42. The number of hydrogen-bond acceptors (Lipinski definition) is 4. The van der Waals surface area contributed by atoms with E-state index in [-0.39, 0.29) is 5.41 Å². The second-order valence-electron chi connectivity index (χ2n) is 6.22. The highest BCUT2D eigenvalue weighted by atomic mass is 35.5. The third-order valence-electron chi connectivity index (χ3n) is 3.73. The molecular formula is C15H25ClN2OS. The summed E-state index contributed by atoms with van der Waals surface area (Å²) in [5.74, 6) is 0. The smallest absolute Gasteiger partial charge is 0.0931 e. The van der Waals surface area contributed by atoms with Gasteiger partial charge in [-0.2, -0.15) is 0 Å². The Labute approximate surface area is 131 Å². The van der Waals surface area contributed by atoms with Crippen molar-refractivity contribution in [2.24, 2.45) is 5.41 Å². The molecule has 1 saturated heterocycles. The standard InChI is InChI=1S/C15H25ClN2OS/c1-12(2)17-9-15(6-7-19-11-15)10-18(3)8-13-4-5-14(16)20-13/h4-5,12,17H,6-11H2,1-3H3. The molecule has 0 aliphatic carbocycles. The number of halogens is 1. The Hall–Kier alpha value is -0.130.